The van der Waals surface area contributed by atoms with Gasteiger partial charge in [0.15, 0.2) is 6.29 Å². The molecule has 11 nitrogen and oxygen atoms in total. The number of carbonyl (C=O) groups excluding carboxylic acids is 2. The number of ketones is 1. The number of ether oxygens (including phenoxy) is 5. The summed E-state index contributed by atoms with van der Waals surface area (Å²) >= 11 is 0. The quantitative estimate of drug-likeness (QED) is 0.222. The summed E-state index contributed by atoms with van der Waals surface area (Å²) in [5, 5.41) is 19.0. The van der Waals surface area contributed by atoms with Crippen molar-refractivity contribution in [3.63, 3.8) is 0 Å². The average Bonchev–Trinajstić information content (AvgIpc) is 2.89. The summed E-state index contributed by atoms with van der Waals surface area (Å²) in [6.45, 7) is 14.5. The fourth-order valence-corrected chi connectivity index (χ4v) is 7.04. The highest BCUT2D eigenvalue weighted by atomic mass is 31.2. The number of hydrogen-bond acceptors (Lipinski definition) is 11. The molecule has 2 heterocycles. The highest BCUT2D eigenvalue weighted by Gasteiger charge is 2.49. The Balaban J connectivity index is 2.53. The van der Waals surface area contributed by atoms with Crippen molar-refractivity contribution in [1.29, 1.82) is 0 Å². The van der Waals surface area contributed by atoms with Crippen LogP contribution in [0.25, 0.3) is 0 Å². The molecule has 8 atom stereocenters. The van der Waals surface area contributed by atoms with Crippen LogP contribution in [-0.4, -0.2) is 103 Å². The van der Waals surface area contributed by atoms with E-state index < -0.39 is 67.6 Å². The number of Topliss-reactive ketones (excluding diaryl/α,β-unsaturated/α-hetero) is 1. The summed E-state index contributed by atoms with van der Waals surface area (Å²) in [6.07, 6.45) is -2.34. The van der Waals surface area contributed by atoms with Crippen LogP contribution in [0.2, 0.25) is 0 Å². The second kappa shape index (κ2) is 14.0. The smallest absolute Gasteiger partial charge is 0.340 e. The lowest BCUT2D eigenvalue weighted by Gasteiger charge is -2.48. The van der Waals surface area contributed by atoms with E-state index in [0.29, 0.717) is 11.3 Å². The van der Waals surface area contributed by atoms with Crippen molar-refractivity contribution in [3.05, 3.63) is 11.3 Å². The third kappa shape index (κ3) is 8.62. The van der Waals surface area contributed by atoms with E-state index >= 15 is 0 Å². The number of rotatable bonds is 14. The molecule has 0 radical (unpaired) electrons. The van der Waals surface area contributed by atoms with Crippen molar-refractivity contribution in [1.82, 2.24) is 4.90 Å². The first-order valence-electron chi connectivity index (χ1n) is 14.3. The molecule has 2 N–H and O–H groups in total. The molecule has 2 aliphatic heterocycles. The molecule has 0 aliphatic carbocycles. The summed E-state index contributed by atoms with van der Waals surface area (Å²) in [4.78, 5) is 28.0. The van der Waals surface area contributed by atoms with E-state index in [2.05, 4.69) is 11.8 Å². The van der Waals surface area contributed by atoms with Crippen molar-refractivity contribution in [2.75, 3.05) is 40.1 Å². The van der Waals surface area contributed by atoms with Gasteiger partial charge >= 0.3 is 5.97 Å². The summed E-state index contributed by atoms with van der Waals surface area (Å²) in [6, 6.07) is 0.195. The summed E-state index contributed by atoms with van der Waals surface area (Å²) in [5.41, 5.74) is -0.784. The van der Waals surface area contributed by atoms with Crippen molar-refractivity contribution >= 4 is 18.9 Å². The lowest BCUT2D eigenvalue weighted by atomic mass is 9.79. The number of esters is 1. The highest BCUT2D eigenvalue weighted by Crippen LogP contribution is 2.45. The normalized spacial score (nSPS) is 28.9. The van der Waals surface area contributed by atoms with Gasteiger partial charge < -0.3 is 43.4 Å². The first kappa shape index (κ1) is 35.9. The SMILES string of the molecule is CO[C@](C)(C[C@@H](C)C(=O)CP(=O)(CO)CO)[C@H](O[C@@H]1O[C@H](C)CC(N(C)C)[C@H]1C)[C@@H](C)C1=C(C)C(=O)OC(C)(C)O1. The van der Waals surface area contributed by atoms with E-state index in [9.17, 15) is 24.4 Å². The Hall–Kier alpha value is -1.33. The molecule has 0 bridgehead atoms. The van der Waals surface area contributed by atoms with Gasteiger partial charge in [0, 0.05) is 44.8 Å². The topological polar surface area (TPSA) is 141 Å². The van der Waals surface area contributed by atoms with Gasteiger partial charge in [-0.2, -0.15) is 0 Å². The van der Waals surface area contributed by atoms with Gasteiger partial charge in [0.1, 0.15) is 18.7 Å². The van der Waals surface area contributed by atoms with Gasteiger partial charge in [-0.3, -0.25) is 4.79 Å². The van der Waals surface area contributed by atoms with Gasteiger partial charge in [0.25, 0.3) is 0 Å². The second-order valence-electron chi connectivity index (χ2n) is 12.8. The van der Waals surface area contributed by atoms with Gasteiger partial charge in [-0.25, -0.2) is 4.79 Å². The molecular weight excluding hydrogens is 553 g/mol. The fourth-order valence-electron chi connectivity index (χ4n) is 5.87. The number of aliphatic hydroxyl groups excluding tert-OH is 2. The molecule has 0 aromatic carbocycles. The molecule has 0 amide bonds. The van der Waals surface area contributed by atoms with E-state index in [1.807, 2.05) is 34.9 Å². The molecule has 2 aliphatic rings. The second-order valence-corrected chi connectivity index (χ2v) is 15.8. The van der Waals surface area contributed by atoms with Crippen LogP contribution in [0.15, 0.2) is 11.3 Å². The summed E-state index contributed by atoms with van der Waals surface area (Å²) in [7, 11) is 2.15. The van der Waals surface area contributed by atoms with Crippen molar-refractivity contribution < 1.29 is 48.1 Å². The Morgan fingerprint density at radius 2 is 1.78 bits per heavy atom. The maximum absolute atomic E-state index is 13.1. The Labute approximate surface area is 245 Å². The number of aliphatic hydroxyl groups is 2. The number of hydrogen-bond donors (Lipinski definition) is 2. The van der Waals surface area contributed by atoms with Crippen LogP contribution in [0, 0.1) is 17.8 Å². The average molecular weight is 606 g/mol. The number of cyclic esters (lactones) is 1. The predicted molar refractivity (Wildman–Crippen MR) is 154 cm³/mol. The molecule has 238 valence electrons. The molecule has 0 aromatic heterocycles. The first-order chi connectivity index (χ1) is 18.8. The summed E-state index contributed by atoms with van der Waals surface area (Å²) < 4.78 is 43.4. The molecule has 0 saturated carbocycles. The molecule has 1 unspecified atom stereocenters. The van der Waals surface area contributed by atoms with Crippen LogP contribution in [0.1, 0.15) is 68.2 Å². The minimum Gasteiger partial charge on any atom is -0.456 e. The lowest BCUT2D eigenvalue weighted by molar-refractivity contribution is -0.284. The van der Waals surface area contributed by atoms with E-state index in [-0.39, 0.29) is 30.3 Å². The van der Waals surface area contributed by atoms with Gasteiger partial charge in [-0.1, -0.05) is 20.8 Å². The number of methoxy groups -OCH3 is 1. The van der Waals surface area contributed by atoms with Crippen LogP contribution in [0.3, 0.4) is 0 Å². The maximum Gasteiger partial charge on any atom is 0.340 e. The maximum atomic E-state index is 13.1. The molecule has 1 fully saturated rings. The van der Waals surface area contributed by atoms with Crippen LogP contribution in [-0.2, 0) is 37.8 Å². The zero-order valence-corrected chi connectivity index (χ0v) is 27.5. The molecule has 41 heavy (non-hydrogen) atoms. The monoisotopic (exact) mass is 605 g/mol. The van der Waals surface area contributed by atoms with Crippen LogP contribution < -0.4 is 0 Å². The van der Waals surface area contributed by atoms with E-state index in [1.165, 1.54) is 7.11 Å². The molecule has 2 rings (SSSR count). The predicted octanol–water partition coefficient (Wildman–Crippen LogP) is 3.56. The third-order valence-corrected chi connectivity index (χ3v) is 10.4. The van der Waals surface area contributed by atoms with Gasteiger partial charge in [0.05, 0.1) is 42.2 Å². The number of carbonyl (C=O) groups is 2. The Kier molecular flexibility index (Phi) is 12.2. The van der Waals surface area contributed by atoms with Crippen LogP contribution in [0.5, 0.6) is 0 Å². The zero-order valence-electron chi connectivity index (χ0n) is 26.6. The van der Waals surface area contributed by atoms with Crippen LogP contribution in [0.4, 0.5) is 0 Å². The van der Waals surface area contributed by atoms with E-state index in [0.717, 1.165) is 6.42 Å². The van der Waals surface area contributed by atoms with Gasteiger partial charge in [-0.15, -0.1) is 0 Å². The van der Waals surface area contributed by atoms with Crippen molar-refractivity contribution in [2.24, 2.45) is 17.8 Å². The largest absolute Gasteiger partial charge is 0.456 e. The molecule has 1 saturated heterocycles. The molecule has 12 heteroatoms. The molecular formula is C29H52NO10P. The van der Waals surface area contributed by atoms with Gasteiger partial charge in [0.2, 0.25) is 5.79 Å². The Morgan fingerprint density at radius 1 is 1.20 bits per heavy atom. The molecule has 0 aromatic rings. The van der Waals surface area contributed by atoms with Crippen LogP contribution >= 0.6 is 7.14 Å². The fraction of sp³-hybridized carbons (Fsp3) is 0.862. The molecule has 0 spiro atoms. The summed E-state index contributed by atoms with van der Waals surface area (Å²) in [5.74, 6) is -2.82. The minimum absolute atomic E-state index is 0.0141. The minimum atomic E-state index is -3.43. The Morgan fingerprint density at radius 3 is 2.29 bits per heavy atom. The zero-order chi connectivity index (χ0) is 31.5. The lowest BCUT2D eigenvalue weighted by Crippen LogP contribution is -2.56. The highest BCUT2D eigenvalue weighted by molar-refractivity contribution is 7.64. The third-order valence-electron chi connectivity index (χ3n) is 8.45. The van der Waals surface area contributed by atoms with Crippen molar-refractivity contribution in [3.8, 4) is 0 Å². The Bertz CT molecular complexity index is 1010. The van der Waals surface area contributed by atoms with E-state index in [4.69, 9.17) is 23.7 Å². The number of nitrogens with zero attached hydrogens (tertiary/aromatic N) is 1. The van der Waals surface area contributed by atoms with Crippen molar-refractivity contribution in [2.45, 2.75) is 104 Å². The first-order valence-corrected chi connectivity index (χ1v) is 16.6. The standard InChI is InChI=1S/C29H52NO10P/c1-17(23(33)14-41(35,15-31)16-32)13-29(8,36-11)25(20(4)24-21(5)26(34)40-28(6,7)39-24)38-27-19(3)22(30(9)10)12-18(2)37-27/h17-20,22,25,27,31-32H,12-16H2,1-11H3/t17-,18-,19-,20+,22?,25-,27+,29-/m1/s1. The van der Waals surface area contributed by atoms with Gasteiger partial charge in [-0.05, 0) is 47.7 Å². The van der Waals surface area contributed by atoms with E-state index in [1.54, 1.807) is 27.7 Å².